The average Bonchev–Trinajstić information content (AvgIpc) is 2.77. The van der Waals surface area contributed by atoms with Crippen LogP contribution in [0.1, 0.15) is 38.3 Å². The highest BCUT2D eigenvalue weighted by Gasteiger charge is 2.26. The Morgan fingerprint density at radius 3 is 2.38 bits per heavy atom. The zero-order valence-electron chi connectivity index (χ0n) is 18.6. The maximum absolute atomic E-state index is 13.3. The lowest BCUT2D eigenvalue weighted by molar-refractivity contribution is -0.140. The Morgan fingerprint density at radius 1 is 0.938 bits per heavy atom. The summed E-state index contributed by atoms with van der Waals surface area (Å²) in [6, 6.07) is 18.9. The second kappa shape index (κ2) is 10.8. The molecular weight excluding hydrogens is 443 g/mol. The van der Waals surface area contributed by atoms with Crippen molar-refractivity contribution in [2.45, 2.75) is 52.2 Å². The molecule has 168 valence electrons. The number of nitrogens with zero attached hydrogens (tertiary/aromatic N) is 1. The molecule has 0 heterocycles. The molecule has 0 saturated heterocycles. The summed E-state index contributed by atoms with van der Waals surface area (Å²) in [6.45, 7) is 5.83. The largest absolute Gasteiger partial charge is 0.352 e. The highest BCUT2D eigenvalue weighted by Crippen LogP contribution is 2.25. The van der Waals surface area contributed by atoms with Crippen LogP contribution in [0.15, 0.2) is 60.7 Å². The van der Waals surface area contributed by atoms with Crippen LogP contribution in [-0.4, -0.2) is 28.8 Å². The zero-order chi connectivity index (χ0) is 23.3. The summed E-state index contributed by atoms with van der Waals surface area (Å²) in [7, 11) is 0. The number of carbonyl (C=O) groups is 2. The molecule has 0 fully saturated rings. The van der Waals surface area contributed by atoms with Crippen LogP contribution in [0.5, 0.6) is 0 Å². The Kier molecular flexibility index (Phi) is 8.16. The average molecular weight is 471 g/mol. The number of rotatable bonds is 8. The fourth-order valence-corrected chi connectivity index (χ4v) is 4.04. The van der Waals surface area contributed by atoms with Crippen LogP contribution < -0.4 is 5.32 Å². The van der Waals surface area contributed by atoms with Gasteiger partial charge in [0.1, 0.15) is 6.04 Å². The number of amides is 2. The molecule has 3 rings (SSSR count). The number of hydrogen-bond donors (Lipinski definition) is 1. The number of benzene rings is 3. The van der Waals surface area contributed by atoms with Crippen molar-refractivity contribution >= 4 is 45.8 Å². The molecule has 0 radical (unpaired) electrons. The van der Waals surface area contributed by atoms with Gasteiger partial charge in [-0.2, -0.15) is 0 Å². The van der Waals surface area contributed by atoms with Gasteiger partial charge in [0.05, 0.1) is 10.0 Å². The van der Waals surface area contributed by atoms with E-state index >= 15 is 0 Å². The summed E-state index contributed by atoms with van der Waals surface area (Å²) >= 11 is 12.2. The first-order chi connectivity index (χ1) is 15.3. The van der Waals surface area contributed by atoms with Gasteiger partial charge in [-0.05, 0) is 61.2 Å². The molecule has 0 aliphatic rings. The van der Waals surface area contributed by atoms with Crippen molar-refractivity contribution in [1.82, 2.24) is 10.2 Å². The number of nitrogens with one attached hydrogen (secondary N) is 1. The highest BCUT2D eigenvalue weighted by molar-refractivity contribution is 6.42. The van der Waals surface area contributed by atoms with Crippen molar-refractivity contribution in [2.75, 3.05) is 0 Å². The van der Waals surface area contributed by atoms with E-state index < -0.39 is 6.04 Å². The lowest BCUT2D eigenvalue weighted by Gasteiger charge is -2.29. The first kappa shape index (κ1) is 24.1. The van der Waals surface area contributed by atoms with Crippen LogP contribution in [0.3, 0.4) is 0 Å². The number of halogens is 2. The molecule has 2 amide bonds. The van der Waals surface area contributed by atoms with Gasteiger partial charge in [-0.25, -0.2) is 0 Å². The Balaban J connectivity index is 1.81. The number of fused-ring (bicyclic) bond motifs is 1. The Bertz CT molecular complexity index is 1110. The van der Waals surface area contributed by atoms with E-state index in [4.69, 9.17) is 23.2 Å². The minimum Gasteiger partial charge on any atom is -0.352 e. The molecule has 3 aromatic rings. The summed E-state index contributed by atoms with van der Waals surface area (Å²) in [5.41, 5.74) is 1.94. The van der Waals surface area contributed by atoms with Crippen LogP contribution in [-0.2, 0) is 22.6 Å². The van der Waals surface area contributed by atoms with E-state index in [1.54, 1.807) is 24.0 Å². The monoisotopic (exact) mass is 470 g/mol. The normalized spacial score (nSPS) is 12.1. The Hall–Kier alpha value is -2.56. The molecule has 0 aliphatic carbocycles. The smallest absolute Gasteiger partial charge is 0.242 e. The topological polar surface area (TPSA) is 49.4 Å². The van der Waals surface area contributed by atoms with Crippen molar-refractivity contribution in [3.05, 3.63) is 81.8 Å². The van der Waals surface area contributed by atoms with Crippen LogP contribution in [0.2, 0.25) is 10.0 Å². The van der Waals surface area contributed by atoms with E-state index in [1.165, 1.54) is 0 Å². The number of carbonyl (C=O) groups excluding carboxylic acids is 2. The minimum atomic E-state index is -0.619. The predicted octanol–water partition coefficient (Wildman–Crippen LogP) is 6.02. The Labute approximate surface area is 199 Å². The molecule has 0 aromatic heterocycles. The molecular formula is C26H28Cl2N2O2. The van der Waals surface area contributed by atoms with Gasteiger partial charge in [-0.3, -0.25) is 9.59 Å². The molecule has 0 saturated carbocycles. The van der Waals surface area contributed by atoms with Crippen LogP contribution in [0.4, 0.5) is 0 Å². The van der Waals surface area contributed by atoms with Gasteiger partial charge < -0.3 is 10.2 Å². The van der Waals surface area contributed by atoms with Crippen LogP contribution in [0.25, 0.3) is 10.8 Å². The molecule has 6 heteroatoms. The molecule has 4 nitrogen and oxygen atoms in total. The molecule has 0 aliphatic heterocycles. The van der Waals surface area contributed by atoms with Gasteiger partial charge in [0.2, 0.25) is 11.8 Å². The van der Waals surface area contributed by atoms with Gasteiger partial charge in [-0.1, -0.05) is 71.7 Å². The maximum atomic E-state index is 13.3. The summed E-state index contributed by atoms with van der Waals surface area (Å²) in [6.07, 6.45) is 0.894. The van der Waals surface area contributed by atoms with Gasteiger partial charge in [0.25, 0.3) is 0 Å². The highest BCUT2D eigenvalue weighted by atomic mass is 35.5. The molecule has 3 aromatic carbocycles. The second-order valence-electron chi connectivity index (χ2n) is 8.25. The SMILES string of the molecule is CC(C)NC(=O)[C@H](C)N(Cc1ccc(Cl)c(Cl)c1)C(=O)CCc1cccc2ccccc12. The van der Waals surface area contributed by atoms with Crippen molar-refractivity contribution in [1.29, 1.82) is 0 Å². The molecule has 32 heavy (non-hydrogen) atoms. The standard InChI is InChI=1S/C26H28Cl2N2O2/c1-17(2)29-26(32)18(3)30(16-19-11-13-23(27)24(28)15-19)25(31)14-12-21-9-6-8-20-7-4-5-10-22(20)21/h4-11,13,15,17-18H,12,14,16H2,1-3H3,(H,29,32)/t18-/m0/s1. The fourth-order valence-electron chi connectivity index (χ4n) is 3.72. The fraction of sp³-hybridized carbons (Fsp3) is 0.308. The van der Waals surface area contributed by atoms with E-state index in [0.29, 0.717) is 22.9 Å². The lowest BCUT2D eigenvalue weighted by atomic mass is 10.0. The van der Waals surface area contributed by atoms with E-state index in [-0.39, 0.29) is 24.4 Å². The number of hydrogen-bond acceptors (Lipinski definition) is 2. The van der Waals surface area contributed by atoms with Crippen molar-refractivity contribution in [2.24, 2.45) is 0 Å². The third kappa shape index (κ3) is 6.02. The van der Waals surface area contributed by atoms with E-state index in [2.05, 4.69) is 23.5 Å². The van der Waals surface area contributed by atoms with Crippen molar-refractivity contribution < 1.29 is 9.59 Å². The van der Waals surface area contributed by atoms with Crippen LogP contribution in [0, 0.1) is 0 Å². The third-order valence-electron chi connectivity index (χ3n) is 5.42. The lowest BCUT2D eigenvalue weighted by Crippen LogP contribution is -2.49. The van der Waals surface area contributed by atoms with Gasteiger partial charge >= 0.3 is 0 Å². The summed E-state index contributed by atoms with van der Waals surface area (Å²) in [4.78, 5) is 27.6. The summed E-state index contributed by atoms with van der Waals surface area (Å²) in [5.74, 6) is -0.269. The Morgan fingerprint density at radius 2 is 1.66 bits per heavy atom. The molecule has 1 atom stereocenters. The number of aryl methyl sites for hydroxylation is 1. The molecule has 1 N–H and O–H groups in total. The van der Waals surface area contributed by atoms with Gasteiger partial charge in [-0.15, -0.1) is 0 Å². The first-order valence-electron chi connectivity index (χ1n) is 10.8. The van der Waals surface area contributed by atoms with E-state index in [0.717, 1.165) is 21.9 Å². The second-order valence-corrected chi connectivity index (χ2v) is 9.06. The van der Waals surface area contributed by atoms with Crippen molar-refractivity contribution in [3.63, 3.8) is 0 Å². The van der Waals surface area contributed by atoms with Crippen molar-refractivity contribution in [3.8, 4) is 0 Å². The maximum Gasteiger partial charge on any atom is 0.242 e. The first-order valence-corrected chi connectivity index (χ1v) is 11.5. The van der Waals surface area contributed by atoms with E-state index in [1.807, 2.05) is 44.2 Å². The zero-order valence-corrected chi connectivity index (χ0v) is 20.1. The quantitative estimate of drug-likeness (QED) is 0.437. The summed E-state index contributed by atoms with van der Waals surface area (Å²) < 4.78 is 0. The molecule has 0 spiro atoms. The van der Waals surface area contributed by atoms with Gasteiger partial charge in [0, 0.05) is 19.0 Å². The van der Waals surface area contributed by atoms with E-state index in [9.17, 15) is 9.59 Å². The summed E-state index contributed by atoms with van der Waals surface area (Å²) in [5, 5.41) is 6.07. The van der Waals surface area contributed by atoms with Gasteiger partial charge in [0.15, 0.2) is 0 Å². The minimum absolute atomic E-state index is 0.0115. The molecule has 0 unspecified atom stereocenters. The molecule has 0 bridgehead atoms. The third-order valence-corrected chi connectivity index (χ3v) is 6.16. The predicted molar refractivity (Wildman–Crippen MR) is 132 cm³/mol. The van der Waals surface area contributed by atoms with Crippen LogP contribution >= 0.6 is 23.2 Å².